The molecule has 2 N–H and O–H groups in total. The summed E-state index contributed by atoms with van der Waals surface area (Å²) in [6.07, 6.45) is 1.12. The molecule has 0 spiro atoms. The van der Waals surface area contributed by atoms with Gasteiger partial charge in [0.1, 0.15) is 0 Å². The van der Waals surface area contributed by atoms with Crippen LogP contribution < -0.4 is 0 Å². The average Bonchev–Trinajstić information content (AvgIpc) is 3.01. The number of nitrogens with zero attached hydrogens (tertiary/aromatic N) is 2. The zero-order chi connectivity index (χ0) is 18.8. The van der Waals surface area contributed by atoms with Crippen molar-refractivity contribution < 1.29 is 0 Å². The Kier molecular flexibility index (Phi) is 7.34. The van der Waals surface area contributed by atoms with Crippen LogP contribution in [0.25, 0.3) is 0 Å². The van der Waals surface area contributed by atoms with Gasteiger partial charge in [-0.25, -0.2) is 0 Å². The fourth-order valence-corrected chi connectivity index (χ4v) is 8.59. The Morgan fingerprint density at radius 2 is 1.44 bits per heavy atom. The van der Waals surface area contributed by atoms with Gasteiger partial charge in [0.15, 0.2) is 16.6 Å². The molecule has 0 radical (unpaired) electrons. The van der Waals surface area contributed by atoms with Gasteiger partial charge >= 0.3 is 0 Å². The molecule has 0 fully saturated rings. The van der Waals surface area contributed by atoms with E-state index in [4.69, 9.17) is 24.4 Å². The standard InChI is InChI=1S/C15H24N4S6/c1-8(22-12-18-16-10(20)24-12)9(15(5,6)7-14(2,3)4)23-13-19-17-11(21)25-13/h8-9H,7H2,1-6H3,(H,16,20)(H,17,21). The summed E-state index contributed by atoms with van der Waals surface area (Å²) < 4.78 is 3.43. The van der Waals surface area contributed by atoms with Crippen molar-refractivity contribution in [3.63, 3.8) is 0 Å². The SMILES string of the molecule is CC(Sc1n[nH]c(=S)s1)C(Sc1n[nH]c(=S)s1)C(C)(C)CC(C)(C)C. The van der Waals surface area contributed by atoms with Crippen LogP contribution in [0.15, 0.2) is 8.68 Å². The Bertz CT molecular complexity index is 794. The van der Waals surface area contributed by atoms with Crippen molar-refractivity contribution in [2.75, 3.05) is 0 Å². The Balaban J connectivity index is 2.26. The first-order valence-corrected chi connectivity index (χ1v) is 12.1. The van der Waals surface area contributed by atoms with E-state index in [1.807, 2.05) is 11.8 Å². The van der Waals surface area contributed by atoms with E-state index in [0.717, 1.165) is 23.0 Å². The molecule has 0 saturated carbocycles. The summed E-state index contributed by atoms with van der Waals surface area (Å²) in [5.74, 6) is 0. The maximum Gasteiger partial charge on any atom is 0.177 e. The highest BCUT2D eigenvalue weighted by Crippen LogP contribution is 2.48. The molecular weight excluding hydrogens is 429 g/mol. The predicted molar refractivity (Wildman–Crippen MR) is 117 cm³/mol. The molecule has 140 valence electrons. The van der Waals surface area contributed by atoms with Crippen molar-refractivity contribution in [1.82, 2.24) is 20.4 Å². The second-order valence-electron chi connectivity index (χ2n) is 7.85. The number of rotatable bonds is 7. The minimum atomic E-state index is 0.125. The maximum atomic E-state index is 5.20. The van der Waals surface area contributed by atoms with Crippen molar-refractivity contribution in [3.05, 3.63) is 7.91 Å². The quantitative estimate of drug-likeness (QED) is 0.355. The van der Waals surface area contributed by atoms with Gasteiger partial charge in [-0.3, -0.25) is 10.2 Å². The molecule has 0 bridgehead atoms. The molecule has 2 atom stereocenters. The lowest BCUT2D eigenvalue weighted by Crippen LogP contribution is -2.37. The first-order valence-electron chi connectivity index (χ1n) is 7.91. The summed E-state index contributed by atoms with van der Waals surface area (Å²) in [6.45, 7) is 13.9. The number of hydrogen-bond acceptors (Lipinski definition) is 8. The largest absolute Gasteiger partial charge is 0.257 e. The van der Waals surface area contributed by atoms with Crippen LogP contribution in [0.3, 0.4) is 0 Å². The van der Waals surface area contributed by atoms with Crippen molar-refractivity contribution in [2.24, 2.45) is 10.8 Å². The van der Waals surface area contributed by atoms with Gasteiger partial charge in [0.2, 0.25) is 0 Å². The van der Waals surface area contributed by atoms with E-state index in [-0.39, 0.29) is 10.8 Å². The van der Waals surface area contributed by atoms with Crippen molar-refractivity contribution >= 4 is 70.6 Å². The molecule has 2 aromatic heterocycles. The van der Waals surface area contributed by atoms with Gasteiger partial charge in [-0.2, -0.15) is 10.2 Å². The van der Waals surface area contributed by atoms with E-state index >= 15 is 0 Å². The van der Waals surface area contributed by atoms with Crippen LogP contribution in [0.5, 0.6) is 0 Å². The van der Waals surface area contributed by atoms with Crippen molar-refractivity contribution in [3.8, 4) is 0 Å². The van der Waals surface area contributed by atoms with Gasteiger partial charge < -0.3 is 0 Å². The maximum absolute atomic E-state index is 5.20. The highest BCUT2D eigenvalue weighted by atomic mass is 32.2. The van der Waals surface area contributed by atoms with E-state index in [0.29, 0.717) is 10.5 Å². The summed E-state index contributed by atoms with van der Waals surface area (Å²) in [7, 11) is 0. The number of aromatic nitrogens is 4. The summed E-state index contributed by atoms with van der Waals surface area (Å²) in [4.78, 5) is 0. The zero-order valence-electron chi connectivity index (χ0n) is 15.2. The minimum absolute atomic E-state index is 0.125. The third-order valence-corrected chi connectivity index (χ3v) is 9.08. The van der Waals surface area contributed by atoms with Crippen LogP contribution in [-0.2, 0) is 0 Å². The van der Waals surface area contributed by atoms with Crippen LogP contribution in [0, 0.1) is 18.7 Å². The number of thioether (sulfide) groups is 2. The van der Waals surface area contributed by atoms with Crippen LogP contribution in [0.1, 0.15) is 48.0 Å². The molecule has 25 heavy (non-hydrogen) atoms. The number of H-pyrrole nitrogens is 2. The number of nitrogens with one attached hydrogen (secondary N) is 2. The van der Waals surface area contributed by atoms with E-state index < -0.39 is 0 Å². The third kappa shape index (κ3) is 6.73. The van der Waals surface area contributed by atoms with Gasteiger partial charge in [0.05, 0.1) is 0 Å². The molecule has 2 unspecified atom stereocenters. The second kappa shape index (κ2) is 8.52. The van der Waals surface area contributed by atoms with Crippen LogP contribution in [0.4, 0.5) is 0 Å². The third-order valence-electron chi connectivity index (χ3n) is 3.53. The van der Waals surface area contributed by atoms with Gasteiger partial charge in [-0.05, 0) is 41.7 Å². The highest BCUT2D eigenvalue weighted by Gasteiger charge is 2.38. The first-order chi connectivity index (χ1) is 11.5. The molecule has 0 aliphatic rings. The van der Waals surface area contributed by atoms with Crippen LogP contribution in [0.2, 0.25) is 0 Å². The summed E-state index contributed by atoms with van der Waals surface area (Å²) in [6, 6.07) is 0. The average molecular weight is 453 g/mol. The molecule has 0 saturated heterocycles. The Hall–Kier alpha value is 0.260. The van der Waals surface area contributed by atoms with Gasteiger partial charge in [0.25, 0.3) is 0 Å². The van der Waals surface area contributed by atoms with Crippen LogP contribution >= 0.6 is 70.6 Å². The van der Waals surface area contributed by atoms with Gasteiger partial charge in [-0.15, -0.1) is 0 Å². The molecule has 10 heteroatoms. The number of hydrogen-bond donors (Lipinski definition) is 2. The summed E-state index contributed by atoms with van der Waals surface area (Å²) in [5, 5.41) is 15.2. The van der Waals surface area contributed by atoms with E-state index in [2.05, 4.69) is 61.9 Å². The van der Waals surface area contributed by atoms with E-state index in [1.54, 1.807) is 23.1 Å². The molecular formula is C15H24N4S6. The van der Waals surface area contributed by atoms with Gasteiger partial charge in [0, 0.05) is 10.5 Å². The Morgan fingerprint density at radius 1 is 0.960 bits per heavy atom. The lowest BCUT2D eigenvalue weighted by molar-refractivity contribution is 0.206. The molecule has 4 nitrogen and oxygen atoms in total. The van der Waals surface area contributed by atoms with Crippen molar-refractivity contribution in [1.29, 1.82) is 0 Å². The molecule has 2 rings (SSSR count). The normalized spacial score (nSPS) is 15.3. The number of aromatic amines is 2. The zero-order valence-corrected chi connectivity index (χ0v) is 20.1. The summed E-state index contributed by atoms with van der Waals surface area (Å²) >= 11 is 17.0. The summed E-state index contributed by atoms with van der Waals surface area (Å²) in [5.41, 5.74) is 0.383. The lowest BCUT2D eigenvalue weighted by atomic mass is 9.73. The topological polar surface area (TPSA) is 57.4 Å². The molecule has 2 aromatic rings. The van der Waals surface area contributed by atoms with Crippen LogP contribution in [-0.4, -0.2) is 30.9 Å². The molecule has 0 amide bonds. The van der Waals surface area contributed by atoms with E-state index in [9.17, 15) is 0 Å². The first kappa shape index (κ1) is 21.6. The lowest BCUT2D eigenvalue weighted by Gasteiger charge is -2.40. The molecule has 0 aliphatic heterocycles. The highest BCUT2D eigenvalue weighted by molar-refractivity contribution is 8.05. The Labute approximate surface area is 176 Å². The molecule has 2 heterocycles. The molecule has 0 aromatic carbocycles. The second-order valence-corrected chi connectivity index (χ2v) is 14.2. The van der Waals surface area contributed by atoms with Gasteiger partial charge in [-0.1, -0.05) is 87.7 Å². The fraction of sp³-hybridized carbons (Fsp3) is 0.733. The smallest absolute Gasteiger partial charge is 0.177 e. The monoisotopic (exact) mass is 452 g/mol. The van der Waals surface area contributed by atoms with E-state index in [1.165, 1.54) is 11.3 Å². The molecule has 0 aliphatic carbocycles. The predicted octanol–water partition coefficient (Wildman–Crippen LogP) is 6.82. The fourth-order valence-electron chi connectivity index (χ4n) is 3.22. The van der Waals surface area contributed by atoms with Crippen molar-refractivity contribution in [2.45, 2.75) is 67.1 Å². The minimum Gasteiger partial charge on any atom is -0.257 e. The Morgan fingerprint density at radius 3 is 1.84 bits per heavy atom.